The molecule has 0 spiro atoms. The Hall–Kier alpha value is -3.73. The molecule has 5 nitrogen and oxygen atoms in total. The van der Waals surface area contributed by atoms with Crippen molar-refractivity contribution in [2.75, 3.05) is 0 Å². The lowest BCUT2D eigenvalue weighted by atomic mass is 10.1. The molecule has 0 N–H and O–H groups in total. The van der Waals surface area contributed by atoms with Crippen molar-refractivity contribution in [1.82, 2.24) is 4.98 Å². The van der Waals surface area contributed by atoms with E-state index in [1.807, 2.05) is 35.7 Å². The minimum atomic E-state index is -0.449. The van der Waals surface area contributed by atoms with Crippen LogP contribution in [0.4, 0.5) is 5.69 Å². The molecule has 4 aromatic rings. The topological polar surface area (TPSA) is 79.8 Å². The maximum atomic E-state index is 10.8. The van der Waals surface area contributed by atoms with Crippen molar-refractivity contribution in [2.24, 2.45) is 0 Å². The highest BCUT2D eigenvalue weighted by Gasteiger charge is 2.10. The number of nitrogens with zero attached hydrogens (tertiary/aromatic N) is 3. The molecule has 0 unspecified atom stereocenters. The third-order valence-corrected chi connectivity index (χ3v) is 6.29. The fourth-order valence-electron chi connectivity index (χ4n) is 2.85. The van der Waals surface area contributed by atoms with Crippen molar-refractivity contribution < 1.29 is 4.92 Å². The summed E-state index contributed by atoms with van der Waals surface area (Å²) in [5, 5.41) is 22.9. The molecule has 150 valence electrons. The van der Waals surface area contributed by atoms with Crippen LogP contribution in [-0.2, 0) is 0 Å². The summed E-state index contributed by atoms with van der Waals surface area (Å²) in [6.07, 6.45) is 1.69. The quantitative estimate of drug-likeness (QED) is 0.184. The maximum Gasteiger partial charge on any atom is 0.269 e. The zero-order chi connectivity index (χ0) is 21.6. The molecule has 0 radical (unpaired) electrons. The van der Waals surface area contributed by atoms with Crippen molar-refractivity contribution in [2.45, 2.75) is 9.79 Å². The standard InChI is InChI=1S/C24H15N3O2S2/c25-15-19(14-17-6-10-20(11-7-17)27(28)29)24-26-23(16-30-24)18-8-12-22(13-9-18)31-21-4-2-1-3-5-21/h1-14,16H. The molecule has 0 atom stereocenters. The van der Waals surface area contributed by atoms with Crippen molar-refractivity contribution in [3.8, 4) is 17.3 Å². The van der Waals surface area contributed by atoms with Gasteiger partial charge in [-0.1, -0.05) is 42.1 Å². The largest absolute Gasteiger partial charge is 0.269 e. The average molecular weight is 442 g/mol. The Morgan fingerprint density at radius 2 is 1.68 bits per heavy atom. The summed E-state index contributed by atoms with van der Waals surface area (Å²) in [4.78, 5) is 17.3. The first-order chi connectivity index (χ1) is 15.1. The predicted molar refractivity (Wildman–Crippen MR) is 125 cm³/mol. The van der Waals surface area contributed by atoms with Gasteiger partial charge in [-0.25, -0.2) is 4.98 Å². The Bertz CT molecular complexity index is 1270. The van der Waals surface area contributed by atoms with Crippen LogP contribution in [0.1, 0.15) is 10.6 Å². The molecule has 4 rings (SSSR count). The van der Waals surface area contributed by atoms with Gasteiger partial charge in [0.25, 0.3) is 5.69 Å². The lowest BCUT2D eigenvalue weighted by Gasteiger charge is -2.02. The normalized spacial score (nSPS) is 11.1. The van der Waals surface area contributed by atoms with Gasteiger partial charge in [0, 0.05) is 32.9 Å². The second kappa shape index (κ2) is 9.39. The Morgan fingerprint density at radius 1 is 1.00 bits per heavy atom. The summed E-state index contributed by atoms with van der Waals surface area (Å²) in [5.41, 5.74) is 2.93. The van der Waals surface area contributed by atoms with Gasteiger partial charge in [0.1, 0.15) is 11.1 Å². The molecule has 0 aliphatic heterocycles. The highest BCUT2D eigenvalue weighted by molar-refractivity contribution is 7.99. The van der Waals surface area contributed by atoms with Crippen molar-refractivity contribution in [3.63, 3.8) is 0 Å². The number of rotatable bonds is 6. The molecule has 7 heteroatoms. The van der Waals surface area contributed by atoms with Crippen LogP contribution in [0.3, 0.4) is 0 Å². The highest BCUT2D eigenvalue weighted by atomic mass is 32.2. The number of hydrogen-bond acceptors (Lipinski definition) is 6. The van der Waals surface area contributed by atoms with E-state index >= 15 is 0 Å². The zero-order valence-electron chi connectivity index (χ0n) is 16.1. The van der Waals surface area contributed by atoms with Crippen molar-refractivity contribution in [3.05, 3.63) is 105 Å². The number of allylic oxidation sites excluding steroid dienone is 1. The zero-order valence-corrected chi connectivity index (χ0v) is 17.8. The van der Waals surface area contributed by atoms with Crippen molar-refractivity contribution in [1.29, 1.82) is 5.26 Å². The van der Waals surface area contributed by atoms with Crippen LogP contribution in [0.15, 0.2) is 94.0 Å². The van der Waals surface area contributed by atoms with Gasteiger partial charge >= 0.3 is 0 Å². The third-order valence-electron chi connectivity index (χ3n) is 4.40. The molecule has 3 aromatic carbocycles. The minimum Gasteiger partial charge on any atom is -0.258 e. The fraction of sp³-hybridized carbons (Fsp3) is 0. The number of benzene rings is 3. The number of hydrogen-bond donors (Lipinski definition) is 0. The van der Waals surface area contributed by atoms with Crippen LogP contribution in [0.2, 0.25) is 0 Å². The van der Waals surface area contributed by atoms with E-state index in [4.69, 9.17) is 0 Å². The van der Waals surface area contributed by atoms with E-state index < -0.39 is 4.92 Å². The van der Waals surface area contributed by atoms with Crippen LogP contribution in [0.25, 0.3) is 22.9 Å². The number of non-ortho nitro benzene ring substituents is 1. The second-order valence-electron chi connectivity index (χ2n) is 6.50. The molecular formula is C24H15N3O2S2. The van der Waals surface area contributed by atoms with Crippen LogP contribution >= 0.6 is 23.1 Å². The van der Waals surface area contributed by atoms with Gasteiger partial charge < -0.3 is 0 Å². The van der Waals surface area contributed by atoms with E-state index in [9.17, 15) is 15.4 Å². The molecule has 0 saturated heterocycles. The Kier molecular flexibility index (Phi) is 6.22. The maximum absolute atomic E-state index is 10.8. The monoisotopic (exact) mass is 441 g/mol. The molecule has 0 bridgehead atoms. The van der Waals surface area contributed by atoms with Crippen LogP contribution in [-0.4, -0.2) is 9.91 Å². The number of aromatic nitrogens is 1. The first kappa shape index (κ1) is 20.5. The first-order valence-electron chi connectivity index (χ1n) is 9.28. The Balaban J connectivity index is 1.52. The van der Waals surface area contributed by atoms with E-state index in [0.717, 1.165) is 16.2 Å². The van der Waals surface area contributed by atoms with Crippen LogP contribution in [0, 0.1) is 21.4 Å². The smallest absolute Gasteiger partial charge is 0.258 e. The minimum absolute atomic E-state index is 0.0149. The summed E-state index contributed by atoms with van der Waals surface area (Å²) in [6, 6.07) is 26.6. The van der Waals surface area contributed by atoms with Crippen LogP contribution < -0.4 is 0 Å². The molecule has 1 heterocycles. The van der Waals surface area contributed by atoms with Gasteiger partial charge in [-0.15, -0.1) is 11.3 Å². The molecule has 0 amide bonds. The molecule has 31 heavy (non-hydrogen) atoms. The summed E-state index contributed by atoms with van der Waals surface area (Å²) in [6.45, 7) is 0. The van der Waals surface area contributed by atoms with E-state index in [1.165, 1.54) is 28.4 Å². The third kappa shape index (κ3) is 5.07. The van der Waals surface area contributed by atoms with E-state index in [-0.39, 0.29) is 5.69 Å². The Labute approximate surface area is 187 Å². The number of thiazole rings is 1. The lowest BCUT2D eigenvalue weighted by molar-refractivity contribution is -0.384. The molecule has 0 saturated carbocycles. The molecular weight excluding hydrogens is 426 g/mol. The SMILES string of the molecule is N#CC(=Cc1ccc([N+](=O)[O-])cc1)c1nc(-c2ccc(Sc3ccccc3)cc2)cs1. The first-order valence-corrected chi connectivity index (χ1v) is 11.0. The highest BCUT2D eigenvalue weighted by Crippen LogP contribution is 2.31. The van der Waals surface area contributed by atoms with Crippen molar-refractivity contribution >= 4 is 40.4 Å². The van der Waals surface area contributed by atoms with Gasteiger partial charge in [0.05, 0.1) is 16.2 Å². The van der Waals surface area contributed by atoms with Crippen LogP contribution in [0.5, 0.6) is 0 Å². The summed E-state index contributed by atoms with van der Waals surface area (Å²) in [7, 11) is 0. The van der Waals surface area contributed by atoms with Gasteiger partial charge in [0.15, 0.2) is 0 Å². The average Bonchev–Trinajstić information content (AvgIpc) is 3.29. The number of nitro benzene ring substituents is 1. The van der Waals surface area contributed by atoms with E-state index in [1.54, 1.807) is 30.0 Å². The molecule has 0 fully saturated rings. The number of nitriles is 1. The Morgan fingerprint density at radius 3 is 2.32 bits per heavy atom. The summed E-state index contributed by atoms with van der Waals surface area (Å²) in [5.74, 6) is 0. The number of nitro groups is 1. The fourth-order valence-corrected chi connectivity index (χ4v) is 4.48. The van der Waals surface area contributed by atoms with Gasteiger partial charge in [-0.2, -0.15) is 5.26 Å². The molecule has 1 aromatic heterocycles. The molecule has 0 aliphatic carbocycles. The second-order valence-corrected chi connectivity index (χ2v) is 8.50. The van der Waals surface area contributed by atoms with Gasteiger partial charge in [0.2, 0.25) is 0 Å². The van der Waals surface area contributed by atoms with Gasteiger partial charge in [-0.05, 0) is 48.0 Å². The summed E-state index contributed by atoms with van der Waals surface area (Å²) < 4.78 is 0. The molecule has 0 aliphatic rings. The van der Waals surface area contributed by atoms with E-state index in [2.05, 4.69) is 35.3 Å². The van der Waals surface area contributed by atoms with E-state index in [0.29, 0.717) is 16.1 Å². The lowest BCUT2D eigenvalue weighted by Crippen LogP contribution is -1.87. The van der Waals surface area contributed by atoms with Gasteiger partial charge in [-0.3, -0.25) is 10.1 Å². The predicted octanol–water partition coefficient (Wildman–Crippen LogP) is 6.93. The summed E-state index contributed by atoms with van der Waals surface area (Å²) >= 11 is 3.09.